The Morgan fingerprint density at radius 3 is 2.38 bits per heavy atom. The van der Waals surface area contributed by atoms with Crippen molar-refractivity contribution in [2.24, 2.45) is 0 Å². The molecule has 1 atom stereocenters. The van der Waals surface area contributed by atoms with E-state index in [4.69, 9.17) is 21.1 Å². The van der Waals surface area contributed by atoms with Crippen LogP contribution in [0, 0.1) is 6.92 Å². The Labute approximate surface area is 195 Å². The Kier molecular flexibility index (Phi) is 10.3. The number of hydrogen-bond donors (Lipinski definition) is 1. The molecular formula is C25H33ClN2O4. The molecule has 0 saturated heterocycles. The van der Waals surface area contributed by atoms with Gasteiger partial charge in [-0.05, 0) is 61.2 Å². The summed E-state index contributed by atoms with van der Waals surface area (Å²) in [7, 11) is 1.61. The van der Waals surface area contributed by atoms with Crippen LogP contribution in [-0.2, 0) is 16.1 Å². The van der Waals surface area contributed by atoms with Gasteiger partial charge in [-0.3, -0.25) is 9.59 Å². The molecule has 0 aliphatic rings. The maximum atomic E-state index is 13.2. The molecule has 6 nitrogen and oxygen atoms in total. The monoisotopic (exact) mass is 460 g/mol. The quantitative estimate of drug-likeness (QED) is 0.464. The van der Waals surface area contributed by atoms with Gasteiger partial charge in [-0.1, -0.05) is 44.0 Å². The van der Waals surface area contributed by atoms with Gasteiger partial charge in [0.2, 0.25) is 5.91 Å². The van der Waals surface area contributed by atoms with Gasteiger partial charge in [0.15, 0.2) is 6.61 Å². The van der Waals surface area contributed by atoms with Crippen LogP contribution in [0.1, 0.15) is 44.2 Å². The molecule has 0 spiro atoms. The molecule has 0 heterocycles. The third-order valence-electron chi connectivity index (χ3n) is 5.22. The Morgan fingerprint density at radius 2 is 1.78 bits per heavy atom. The van der Waals surface area contributed by atoms with Crippen LogP contribution in [0.25, 0.3) is 0 Å². The molecule has 2 aromatic carbocycles. The summed E-state index contributed by atoms with van der Waals surface area (Å²) in [5.74, 6) is 0.888. The highest BCUT2D eigenvalue weighted by molar-refractivity contribution is 6.31. The summed E-state index contributed by atoms with van der Waals surface area (Å²) < 4.78 is 10.9. The molecular weight excluding hydrogens is 428 g/mol. The standard InChI is InChI=1S/C25H33ClN2O4/c1-5-7-14-27-25(30)23(6-2)28(16-19-8-10-20(31-4)11-9-19)24(29)17-32-21-12-13-22(26)18(3)15-21/h8-13,15,23H,5-7,14,16-17H2,1-4H3,(H,27,30)/t23-/m0/s1. The Balaban J connectivity index is 2.18. The van der Waals surface area contributed by atoms with Crippen molar-refractivity contribution in [3.63, 3.8) is 0 Å². The number of ether oxygens (including phenoxy) is 2. The number of amides is 2. The van der Waals surface area contributed by atoms with Crippen LogP contribution in [0.3, 0.4) is 0 Å². The highest BCUT2D eigenvalue weighted by Crippen LogP contribution is 2.22. The van der Waals surface area contributed by atoms with Gasteiger partial charge in [0.1, 0.15) is 17.5 Å². The average molecular weight is 461 g/mol. The number of halogens is 1. The second-order valence-corrected chi connectivity index (χ2v) is 8.05. The third kappa shape index (κ3) is 7.45. The summed E-state index contributed by atoms with van der Waals surface area (Å²) >= 11 is 6.07. The molecule has 174 valence electrons. The Morgan fingerprint density at radius 1 is 1.09 bits per heavy atom. The zero-order valence-electron chi connectivity index (χ0n) is 19.3. The Bertz CT molecular complexity index is 886. The molecule has 0 saturated carbocycles. The predicted octanol–water partition coefficient (Wildman–Crippen LogP) is 4.76. The largest absolute Gasteiger partial charge is 0.497 e. The van der Waals surface area contributed by atoms with E-state index in [2.05, 4.69) is 12.2 Å². The van der Waals surface area contributed by atoms with Crippen molar-refractivity contribution >= 4 is 23.4 Å². The van der Waals surface area contributed by atoms with Crippen molar-refractivity contribution in [3.05, 3.63) is 58.6 Å². The van der Waals surface area contributed by atoms with Crippen molar-refractivity contribution in [2.75, 3.05) is 20.3 Å². The van der Waals surface area contributed by atoms with Crippen molar-refractivity contribution in [1.29, 1.82) is 0 Å². The first-order valence-corrected chi connectivity index (χ1v) is 11.4. The van der Waals surface area contributed by atoms with E-state index in [0.29, 0.717) is 30.3 Å². The first-order chi connectivity index (χ1) is 15.4. The number of nitrogens with one attached hydrogen (secondary N) is 1. The minimum Gasteiger partial charge on any atom is -0.497 e. The number of methoxy groups -OCH3 is 1. The minimum absolute atomic E-state index is 0.148. The highest BCUT2D eigenvalue weighted by atomic mass is 35.5. The van der Waals surface area contributed by atoms with E-state index in [9.17, 15) is 9.59 Å². The van der Waals surface area contributed by atoms with Gasteiger partial charge in [0.25, 0.3) is 5.91 Å². The molecule has 0 unspecified atom stereocenters. The molecule has 2 aromatic rings. The second kappa shape index (κ2) is 13.0. The van der Waals surface area contributed by atoms with Crippen molar-refractivity contribution in [2.45, 2.75) is 52.6 Å². The zero-order chi connectivity index (χ0) is 23.5. The molecule has 2 rings (SSSR count). The number of unbranched alkanes of at least 4 members (excludes halogenated alkanes) is 1. The number of aryl methyl sites for hydroxylation is 1. The highest BCUT2D eigenvalue weighted by Gasteiger charge is 2.28. The molecule has 32 heavy (non-hydrogen) atoms. The molecule has 0 fully saturated rings. The van der Waals surface area contributed by atoms with E-state index >= 15 is 0 Å². The topological polar surface area (TPSA) is 67.9 Å². The Hall–Kier alpha value is -2.73. The average Bonchev–Trinajstić information content (AvgIpc) is 2.80. The van der Waals surface area contributed by atoms with Gasteiger partial charge < -0.3 is 19.7 Å². The van der Waals surface area contributed by atoms with E-state index in [1.54, 1.807) is 30.2 Å². The van der Waals surface area contributed by atoms with Crippen LogP contribution < -0.4 is 14.8 Å². The number of benzene rings is 2. The summed E-state index contributed by atoms with van der Waals surface area (Å²) in [6.45, 7) is 6.57. The van der Waals surface area contributed by atoms with Crippen LogP contribution in [-0.4, -0.2) is 43.0 Å². The number of nitrogens with zero attached hydrogens (tertiary/aromatic N) is 1. The SMILES string of the molecule is CCCCNC(=O)[C@H](CC)N(Cc1ccc(OC)cc1)C(=O)COc1ccc(Cl)c(C)c1. The maximum absolute atomic E-state index is 13.2. The number of rotatable bonds is 12. The van der Waals surface area contributed by atoms with Crippen LogP contribution in [0.2, 0.25) is 5.02 Å². The number of carbonyl (C=O) groups excluding carboxylic acids is 2. The van der Waals surface area contributed by atoms with Crippen LogP contribution >= 0.6 is 11.6 Å². The van der Waals surface area contributed by atoms with Gasteiger partial charge in [-0.15, -0.1) is 0 Å². The third-order valence-corrected chi connectivity index (χ3v) is 5.64. The number of carbonyl (C=O) groups is 2. The van der Waals surface area contributed by atoms with Crippen LogP contribution in [0.5, 0.6) is 11.5 Å². The minimum atomic E-state index is -0.586. The van der Waals surface area contributed by atoms with Gasteiger partial charge in [0.05, 0.1) is 7.11 Å². The van der Waals surface area contributed by atoms with E-state index in [0.717, 1.165) is 29.7 Å². The van der Waals surface area contributed by atoms with Crippen LogP contribution in [0.15, 0.2) is 42.5 Å². The lowest BCUT2D eigenvalue weighted by Gasteiger charge is -2.30. The molecule has 2 amide bonds. The van der Waals surface area contributed by atoms with Gasteiger partial charge in [-0.2, -0.15) is 0 Å². The molecule has 1 N–H and O–H groups in total. The van der Waals surface area contributed by atoms with Gasteiger partial charge >= 0.3 is 0 Å². The molecule has 0 aliphatic heterocycles. The molecule has 0 aromatic heterocycles. The maximum Gasteiger partial charge on any atom is 0.261 e. The van der Waals surface area contributed by atoms with Crippen molar-refractivity contribution < 1.29 is 19.1 Å². The summed E-state index contributed by atoms with van der Waals surface area (Å²) in [5, 5.41) is 3.59. The fraction of sp³-hybridized carbons (Fsp3) is 0.440. The smallest absolute Gasteiger partial charge is 0.261 e. The summed E-state index contributed by atoms with van der Waals surface area (Å²) in [6, 6.07) is 12.1. The fourth-order valence-electron chi connectivity index (χ4n) is 3.29. The molecule has 0 radical (unpaired) electrons. The van der Waals surface area contributed by atoms with Crippen LogP contribution in [0.4, 0.5) is 0 Å². The molecule has 0 bridgehead atoms. The first-order valence-electron chi connectivity index (χ1n) is 11.0. The van der Waals surface area contributed by atoms with E-state index in [1.165, 1.54) is 0 Å². The second-order valence-electron chi connectivity index (χ2n) is 7.64. The number of hydrogen-bond acceptors (Lipinski definition) is 4. The van der Waals surface area contributed by atoms with Crippen molar-refractivity contribution in [3.8, 4) is 11.5 Å². The van der Waals surface area contributed by atoms with E-state index < -0.39 is 6.04 Å². The molecule has 0 aliphatic carbocycles. The summed E-state index contributed by atoms with van der Waals surface area (Å²) in [6.07, 6.45) is 2.38. The summed E-state index contributed by atoms with van der Waals surface area (Å²) in [4.78, 5) is 27.7. The molecule has 7 heteroatoms. The lowest BCUT2D eigenvalue weighted by molar-refractivity contribution is -0.143. The predicted molar refractivity (Wildman–Crippen MR) is 127 cm³/mol. The summed E-state index contributed by atoms with van der Waals surface area (Å²) in [5.41, 5.74) is 1.77. The lowest BCUT2D eigenvalue weighted by Crippen LogP contribution is -2.50. The van der Waals surface area contributed by atoms with Crippen molar-refractivity contribution in [1.82, 2.24) is 10.2 Å². The van der Waals surface area contributed by atoms with Gasteiger partial charge in [-0.25, -0.2) is 0 Å². The normalized spacial score (nSPS) is 11.5. The zero-order valence-corrected chi connectivity index (χ0v) is 20.1. The first kappa shape index (κ1) is 25.5. The lowest BCUT2D eigenvalue weighted by atomic mass is 10.1. The van der Waals surface area contributed by atoms with Gasteiger partial charge in [0, 0.05) is 18.1 Å². The van der Waals surface area contributed by atoms with E-state index in [1.807, 2.05) is 38.1 Å². The fourth-order valence-corrected chi connectivity index (χ4v) is 3.41. The van der Waals surface area contributed by atoms with E-state index in [-0.39, 0.29) is 18.4 Å².